The molecule has 0 saturated heterocycles. The Morgan fingerprint density at radius 3 is 2.64 bits per heavy atom. The first kappa shape index (κ1) is 9.53. The van der Waals surface area contributed by atoms with E-state index in [0.29, 0.717) is 0 Å². The highest BCUT2D eigenvalue weighted by Crippen LogP contribution is 2.50. The third-order valence-electron chi connectivity index (χ3n) is 2.97. The fraction of sp³-hybridized carbons (Fsp3) is 0.500. The van der Waals surface area contributed by atoms with Crippen molar-refractivity contribution in [1.82, 2.24) is 0 Å². The molecule has 0 spiro atoms. The van der Waals surface area contributed by atoms with Crippen LogP contribution < -0.4 is 5.73 Å². The molecule has 1 fully saturated rings. The van der Waals surface area contributed by atoms with Crippen molar-refractivity contribution >= 4 is 5.69 Å². The molecular weight excluding hydrogens is 174 g/mol. The second-order valence-electron chi connectivity index (χ2n) is 4.00. The monoisotopic (exact) mass is 191 g/mol. The number of ether oxygens (including phenoxy) is 1. The molecule has 0 amide bonds. The van der Waals surface area contributed by atoms with E-state index in [9.17, 15) is 0 Å². The van der Waals surface area contributed by atoms with Crippen LogP contribution in [0.15, 0.2) is 24.3 Å². The largest absolute Gasteiger partial charge is 0.398 e. The topological polar surface area (TPSA) is 35.2 Å². The van der Waals surface area contributed by atoms with Gasteiger partial charge >= 0.3 is 0 Å². The molecule has 2 N–H and O–H groups in total. The number of nitrogen functional groups attached to an aromatic ring is 1. The van der Waals surface area contributed by atoms with Gasteiger partial charge in [0.1, 0.15) is 0 Å². The average Bonchev–Trinajstić information content (AvgIpc) is 2.97. The minimum atomic E-state index is 0.237. The summed E-state index contributed by atoms with van der Waals surface area (Å²) >= 11 is 0. The highest BCUT2D eigenvalue weighted by atomic mass is 16.5. The average molecular weight is 191 g/mol. The van der Waals surface area contributed by atoms with E-state index in [1.165, 1.54) is 18.4 Å². The lowest BCUT2D eigenvalue weighted by molar-refractivity contribution is 0.125. The summed E-state index contributed by atoms with van der Waals surface area (Å²) < 4.78 is 5.51. The Morgan fingerprint density at radius 2 is 2.07 bits per heavy atom. The fourth-order valence-corrected chi connectivity index (χ4v) is 1.92. The molecule has 2 nitrogen and oxygen atoms in total. The molecule has 0 bridgehead atoms. The molecule has 0 heterocycles. The molecule has 1 aromatic carbocycles. The Hall–Kier alpha value is -1.02. The molecule has 0 unspecified atom stereocenters. The zero-order chi connectivity index (χ0) is 10.0. The molecule has 1 saturated carbocycles. The minimum absolute atomic E-state index is 0.237. The molecule has 2 heteroatoms. The van der Waals surface area contributed by atoms with E-state index in [0.717, 1.165) is 18.9 Å². The van der Waals surface area contributed by atoms with Crippen LogP contribution in [-0.2, 0) is 10.2 Å². The van der Waals surface area contributed by atoms with Crippen molar-refractivity contribution in [3.8, 4) is 0 Å². The van der Waals surface area contributed by atoms with Gasteiger partial charge in [0.25, 0.3) is 0 Å². The SMILES string of the molecule is CCOCC1(c2ccccc2N)CC1. The molecule has 0 aromatic heterocycles. The predicted molar refractivity (Wildman–Crippen MR) is 58.3 cm³/mol. The van der Waals surface area contributed by atoms with Crippen LogP contribution in [0.4, 0.5) is 5.69 Å². The van der Waals surface area contributed by atoms with Gasteiger partial charge in [-0.1, -0.05) is 18.2 Å². The molecule has 0 radical (unpaired) electrons. The summed E-state index contributed by atoms with van der Waals surface area (Å²) in [5, 5.41) is 0. The lowest BCUT2D eigenvalue weighted by Gasteiger charge is -2.17. The first-order valence-electron chi connectivity index (χ1n) is 5.21. The first-order valence-corrected chi connectivity index (χ1v) is 5.21. The molecule has 1 aromatic rings. The summed E-state index contributed by atoms with van der Waals surface area (Å²) in [7, 11) is 0. The zero-order valence-corrected chi connectivity index (χ0v) is 8.62. The fourth-order valence-electron chi connectivity index (χ4n) is 1.92. The van der Waals surface area contributed by atoms with Crippen LogP contribution in [0.5, 0.6) is 0 Å². The van der Waals surface area contributed by atoms with Gasteiger partial charge in [0.05, 0.1) is 6.61 Å². The van der Waals surface area contributed by atoms with Gasteiger partial charge in [-0.05, 0) is 31.4 Å². The molecule has 76 valence electrons. The molecule has 0 aliphatic heterocycles. The van der Waals surface area contributed by atoms with Crippen LogP contribution >= 0.6 is 0 Å². The molecular formula is C12H17NO. The lowest BCUT2D eigenvalue weighted by atomic mass is 9.95. The number of anilines is 1. The number of benzene rings is 1. The van der Waals surface area contributed by atoms with Gasteiger partial charge in [0, 0.05) is 17.7 Å². The van der Waals surface area contributed by atoms with Gasteiger partial charge in [-0.15, -0.1) is 0 Å². The van der Waals surface area contributed by atoms with Crippen LogP contribution in [0.3, 0.4) is 0 Å². The summed E-state index contributed by atoms with van der Waals surface area (Å²) in [6, 6.07) is 8.13. The highest BCUT2D eigenvalue weighted by Gasteiger charge is 2.45. The number of nitrogens with two attached hydrogens (primary N) is 1. The first-order chi connectivity index (χ1) is 6.78. The number of rotatable bonds is 4. The number of hydrogen-bond donors (Lipinski definition) is 1. The molecule has 1 aliphatic carbocycles. The third kappa shape index (κ3) is 1.62. The second kappa shape index (κ2) is 3.62. The predicted octanol–water partition coefficient (Wildman–Crippen LogP) is 2.34. The summed E-state index contributed by atoms with van der Waals surface area (Å²) in [6.07, 6.45) is 2.42. The molecule has 0 atom stereocenters. The lowest BCUT2D eigenvalue weighted by Crippen LogP contribution is -2.17. The Labute approximate surface area is 85.1 Å². The molecule has 14 heavy (non-hydrogen) atoms. The summed E-state index contributed by atoms with van der Waals surface area (Å²) in [5.41, 5.74) is 8.38. The Kier molecular flexibility index (Phi) is 2.46. The van der Waals surface area contributed by atoms with Gasteiger partial charge in [-0.3, -0.25) is 0 Å². The van der Waals surface area contributed by atoms with E-state index < -0.39 is 0 Å². The van der Waals surface area contributed by atoms with Crippen LogP contribution in [-0.4, -0.2) is 13.2 Å². The summed E-state index contributed by atoms with van der Waals surface area (Å²) in [6.45, 7) is 3.64. The number of hydrogen-bond acceptors (Lipinski definition) is 2. The van der Waals surface area contributed by atoms with Crippen LogP contribution in [0.1, 0.15) is 25.3 Å². The van der Waals surface area contributed by atoms with Crippen molar-refractivity contribution in [1.29, 1.82) is 0 Å². The normalized spacial score (nSPS) is 18.1. The quantitative estimate of drug-likeness (QED) is 0.741. The highest BCUT2D eigenvalue weighted by molar-refractivity contribution is 5.53. The van der Waals surface area contributed by atoms with Gasteiger partial charge in [0.15, 0.2) is 0 Å². The van der Waals surface area contributed by atoms with Gasteiger partial charge < -0.3 is 10.5 Å². The Balaban J connectivity index is 2.18. The van der Waals surface area contributed by atoms with Crippen LogP contribution in [0.2, 0.25) is 0 Å². The van der Waals surface area contributed by atoms with E-state index in [1.807, 2.05) is 19.1 Å². The van der Waals surface area contributed by atoms with Crippen LogP contribution in [0, 0.1) is 0 Å². The van der Waals surface area contributed by atoms with E-state index >= 15 is 0 Å². The summed E-state index contributed by atoms with van der Waals surface area (Å²) in [4.78, 5) is 0. The van der Waals surface area contributed by atoms with E-state index in [2.05, 4.69) is 12.1 Å². The van der Waals surface area contributed by atoms with Crippen LogP contribution in [0.25, 0.3) is 0 Å². The standard InChI is InChI=1S/C12H17NO/c1-2-14-9-12(7-8-12)10-5-3-4-6-11(10)13/h3-6H,2,7-9,13H2,1H3. The zero-order valence-electron chi connectivity index (χ0n) is 8.62. The second-order valence-corrected chi connectivity index (χ2v) is 4.00. The van der Waals surface area contributed by atoms with Gasteiger partial charge in [0.2, 0.25) is 0 Å². The third-order valence-corrected chi connectivity index (χ3v) is 2.97. The minimum Gasteiger partial charge on any atom is -0.398 e. The maximum absolute atomic E-state index is 5.96. The maximum atomic E-state index is 5.96. The Morgan fingerprint density at radius 1 is 1.36 bits per heavy atom. The van der Waals surface area contributed by atoms with Gasteiger partial charge in [-0.2, -0.15) is 0 Å². The molecule has 2 rings (SSSR count). The number of para-hydroxylation sites is 1. The van der Waals surface area contributed by atoms with Crippen molar-refractivity contribution in [2.75, 3.05) is 18.9 Å². The summed E-state index contributed by atoms with van der Waals surface area (Å²) in [5.74, 6) is 0. The van der Waals surface area contributed by atoms with Gasteiger partial charge in [-0.25, -0.2) is 0 Å². The smallest absolute Gasteiger partial charge is 0.0563 e. The van der Waals surface area contributed by atoms with Crippen molar-refractivity contribution in [2.24, 2.45) is 0 Å². The maximum Gasteiger partial charge on any atom is 0.0563 e. The Bertz CT molecular complexity index is 318. The van der Waals surface area contributed by atoms with E-state index in [1.54, 1.807) is 0 Å². The van der Waals surface area contributed by atoms with Crippen molar-refractivity contribution in [2.45, 2.75) is 25.2 Å². The van der Waals surface area contributed by atoms with E-state index in [-0.39, 0.29) is 5.41 Å². The van der Waals surface area contributed by atoms with Crippen molar-refractivity contribution in [3.05, 3.63) is 29.8 Å². The molecule has 1 aliphatic rings. The van der Waals surface area contributed by atoms with Crippen molar-refractivity contribution in [3.63, 3.8) is 0 Å². The van der Waals surface area contributed by atoms with Crippen molar-refractivity contribution < 1.29 is 4.74 Å². The van der Waals surface area contributed by atoms with E-state index in [4.69, 9.17) is 10.5 Å².